The maximum atomic E-state index is 13.1. The number of amides is 1. The molecule has 0 N–H and O–H groups in total. The van der Waals surface area contributed by atoms with Crippen molar-refractivity contribution in [3.05, 3.63) is 86.0 Å². The standard InChI is InChI=1S/C21H17Cl2NO3S/c1-2-27-21(26)14-6-9-17(10-7-14)24(20(25)19-4-3-11-28-19)13-15-5-8-16(22)12-18(15)23/h3-12H,2,13H2,1H3. The predicted molar refractivity (Wildman–Crippen MR) is 114 cm³/mol. The second-order valence-electron chi connectivity index (χ2n) is 5.87. The molecule has 0 unspecified atom stereocenters. The van der Waals surface area contributed by atoms with Crippen molar-refractivity contribution in [3.63, 3.8) is 0 Å². The van der Waals surface area contributed by atoms with Crippen LogP contribution in [0.4, 0.5) is 5.69 Å². The molecule has 3 rings (SSSR count). The topological polar surface area (TPSA) is 46.6 Å². The molecular weight excluding hydrogens is 417 g/mol. The van der Waals surface area contributed by atoms with Gasteiger partial charge >= 0.3 is 5.97 Å². The maximum absolute atomic E-state index is 13.1. The highest BCUT2D eigenvalue weighted by Crippen LogP contribution is 2.27. The Morgan fingerprint density at radius 3 is 2.43 bits per heavy atom. The minimum Gasteiger partial charge on any atom is -0.462 e. The van der Waals surface area contributed by atoms with E-state index in [0.717, 1.165) is 5.56 Å². The van der Waals surface area contributed by atoms with Crippen LogP contribution in [0.3, 0.4) is 0 Å². The fourth-order valence-corrected chi connectivity index (χ4v) is 3.77. The summed E-state index contributed by atoms with van der Waals surface area (Å²) in [5.74, 6) is -0.546. The molecule has 0 saturated heterocycles. The van der Waals surface area contributed by atoms with E-state index >= 15 is 0 Å². The normalized spacial score (nSPS) is 10.5. The molecule has 2 aromatic carbocycles. The second kappa shape index (κ2) is 9.24. The van der Waals surface area contributed by atoms with E-state index in [1.807, 2.05) is 11.4 Å². The maximum Gasteiger partial charge on any atom is 0.338 e. The summed E-state index contributed by atoms with van der Waals surface area (Å²) in [4.78, 5) is 27.2. The summed E-state index contributed by atoms with van der Waals surface area (Å²) in [5, 5.41) is 2.87. The van der Waals surface area contributed by atoms with Crippen LogP contribution in [0, 0.1) is 0 Å². The largest absolute Gasteiger partial charge is 0.462 e. The minimum absolute atomic E-state index is 0.148. The average Bonchev–Trinajstić information content (AvgIpc) is 3.22. The molecule has 4 nitrogen and oxygen atoms in total. The van der Waals surface area contributed by atoms with Crippen molar-refractivity contribution in [3.8, 4) is 0 Å². The lowest BCUT2D eigenvalue weighted by atomic mass is 10.1. The molecule has 1 amide bonds. The van der Waals surface area contributed by atoms with E-state index in [4.69, 9.17) is 27.9 Å². The Balaban J connectivity index is 1.94. The van der Waals surface area contributed by atoms with E-state index in [1.165, 1.54) is 11.3 Å². The first-order valence-electron chi connectivity index (χ1n) is 8.56. The van der Waals surface area contributed by atoms with Crippen LogP contribution in [0.15, 0.2) is 60.0 Å². The van der Waals surface area contributed by atoms with E-state index in [2.05, 4.69) is 0 Å². The molecule has 7 heteroatoms. The molecule has 0 aliphatic rings. The van der Waals surface area contributed by atoms with Crippen LogP contribution in [0.25, 0.3) is 0 Å². The lowest BCUT2D eigenvalue weighted by Crippen LogP contribution is -2.30. The Kier molecular flexibility index (Phi) is 6.73. The van der Waals surface area contributed by atoms with Gasteiger partial charge < -0.3 is 9.64 Å². The van der Waals surface area contributed by atoms with Crippen LogP contribution in [0.2, 0.25) is 10.0 Å². The third-order valence-electron chi connectivity index (χ3n) is 4.01. The van der Waals surface area contributed by atoms with Gasteiger partial charge in [-0.15, -0.1) is 11.3 Å². The summed E-state index contributed by atoms with van der Waals surface area (Å²) in [6.07, 6.45) is 0. The first-order valence-corrected chi connectivity index (χ1v) is 10.2. The van der Waals surface area contributed by atoms with Crippen molar-refractivity contribution < 1.29 is 14.3 Å². The Labute approximate surface area is 177 Å². The van der Waals surface area contributed by atoms with Gasteiger partial charge in [-0.05, 0) is 60.3 Å². The third-order valence-corrected chi connectivity index (χ3v) is 5.46. The van der Waals surface area contributed by atoms with Gasteiger partial charge in [0.2, 0.25) is 0 Å². The van der Waals surface area contributed by atoms with Crippen LogP contribution in [-0.2, 0) is 11.3 Å². The first-order chi connectivity index (χ1) is 13.5. The van der Waals surface area contributed by atoms with Gasteiger partial charge in [-0.3, -0.25) is 4.79 Å². The minimum atomic E-state index is -0.397. The molecule has 0 saturated carbocycles. The highest BCUT2D eigenvalue weighted by molar-refractivity contribution is 7.12. The molecule has 0 bridgehead atoms. The highest BCUT2D eigenvalue weighted by atomic mass is 35.5. The zero-order chi connectivity index (χ0) is 20.1. The molecule has 3 aromatic rings. The van der Waals surface area contributed by atoms with Crippen molar-refractivity contribution in [1.82, 2.24) is 0 Å². The monoisotopic (exact) mass is 433 g/mol. The van der Waals surface area contributed by atoms with E-state index < -0.39 is 5.97 Å². The van der Waals surface area contributed by atoms with Crippen molar-refractivity contribution >= 4 is 52.1 Å². The molecule has 1 heterocycles. The predicted octanol–water partition coefficient (Wildman–Crippen LogP) is 6.08. The number of rotatable bonds is 6. The lowest BCUT2D eigenvalue weighted by Gasteiger charge is -2.23. The van der Waals surface area contributed by atoms with E-state index in [1.54, 1.807) is 60.4 Å². The SMILES string of the molecule is CCOC(=O)c1ccc(N(Cc2ccc(Cl)cc2Cl)C(=O)c2cccs2)cc1. The Bertz CT molecular complexity index is 972. The number of benzene rings is 2. The molecule has 0 radical (unpaired) electrons. The number of hydrogen-bond donors (Lipinski definition) is 0. The van der Waals surface area contributed by atoms with Crippen molar-refractivity contribution in [1.29, 1.82) is 0 Å². The number of hydrogen-bond acceptors (Lipinski definition) is 4. The van der Waals surface area contributed by atoms with Crippen molar-refractivity contribution in [2.24, 2.45) is 0 Å². The summed E-state index contributed by atoms with van der Waals surface area (Å²) >= 11 is 13.7. The molecule has 144 valence electrons. The number of esters is 1. The zero-order valence-electron chi connectivity index (χ0n) is 15.0. The third kappa shape index (κ3) is 4.73. The molecule has 0 atom stereocenters. The number of ether oxygens (including phenoxy) is 1. The summed E-state index contributed by atoms with van der Waals surface area (Å²) in [6.45, 7) is 2.33. The Morgan fingerprint density at radius 1 is 1.07 bits per heavy atom. The summed E-state index contributed by atoms with van der Waals surface area (Å²) in [7, 11) is 0. The van der Waals surface area contributed by atoms with E-state index in [9.17, 15) is 9.59 Å². The van der Waals surface area contributed by atoms with Gasteiger partial charge in [0.05, 0.1) is 23.6 Å². The van der Waals surface area contributed by atoms with Gasteiger partial charge in [-0.25, -0.2) is 4.79 Å². The van der Waals surface area contributed by atoms with E-state index in [0.29, 0.717) is 32.8 Å². The average molecular weight is 434 g/mol. The molecule has 0 aliphatic carbocycles. The molecular formula is C21H17Cl2NO3S. The molecule has 0 spiro atoms. The Morgan fingerprint density at radius 2 is 1.82 bits per heavy atom. The number of anilines is 1. The molecule has 1 aromatic heterocycles. The second-order valence-corrected chi connectivity index (χ2v) is 7.66. The molecule has 0 fully saturated rings. The van der Waals surface area contributed by atoms with Crippen LogP contribution >= 0.6 is 34.5 Å². The van der Waals surface area contributed by atoms with Gasteiger partial charge in [0, 0.05) is 15.7 Å². The fraction of sp³-hybridized carbons (Fsp3) is 0.143. The first kappa shape index (κ1) is 20.4. The number of carbonyl (C=O) groups excluding carboxylic acids is 2. The highest BCUT2D eigenvalue weighted by Gasteiger charge is 2.21. The van der Waals surface area contributed by atoms with Gasteiger partial charge in [-0.1, -0.05) is 35.3 Å². The summed E-state index contributed by atoms with van der Waals surface area (Å²) in [5.41, 5.74) is 1.85. The smallest absolute Gasteiger partial charge is 0.338 e. The molecule has 28 heavy (non-hydrogen) atoms. The van der Waals surface area contributed by atoms with Gasteiger partial charge in [0.25, 0.3) is 5.91 Å². The number of nitrogens with zero attached hydrogens (tertiary/aromatic N) is 1. The van der Waals surface area contributed by atoms with Crippen molar-refractivity contribution in [2.75, 3.05) is 11.5 Å². The molecule has 0 aliphatic heterocycles. The van der Waals surface area contributed by atoms with Crippen LogP contribution < -0.4 is 4.90 Å². The number of halogens is 2. The van der Waals surface area contributed by atoms with Gasteiger partial charge in [-0.2, -0.15) is 0 Å². The fourth-order valence-electron chi connectivity index (χ4n) is 2.63. The lowest BCUT2D eigenvalue weighted by molar-refractivity contribution is 0.0526. The van der Waals surface area contributed by atoms with Gasteiger partial charge in [0.15, 0.2) is 0 Å². The zero-order valence-corrected chi connectivity index (χ0v) is 17.4. The number of carbonyl (C=O) groups is 2. The van der Waals surface area contributed by atoms with Crippen LogP contribution in [0.5, 0.6) is 0 Å². The van der Waals surface area contributed by atoms with Crippen molar-refractivity contribution in [2.45, 2.75) is 13.5 Å². The van der Waals surface area contributed by atoms with Gasteiger partial charge in [0.1, 0.15) is 0 Å². The van der Waals surface area contributed by atoms with Crippen LogP contribution in [0.1, 0.15) is 32.5 Å². The summed E-state index contributed by atoms with van der Waals surface area (Å²) in [6, 6.07) is 15.5. The van der Waals surface area contributed by atoms with Crippen LogP contribution in [-0.4, -0.2) is 18.5 Å². The number of thiophene rings is 1. The van der Waals surface area contributed by atoms with E-state index in [-0.39, 0.29) is 12.5 Å². The Hall–Kier alpha value is -2.34. The summed E-state index contributed by atoms with van der Waals surface area (Å²) < 4.78 is 5.01. The quantitative estimate of drug-likeness (QED) is 0.442.